The molecule has 1 saturated heterocycles. The van der Waals surface area contributed by atoms with Crippen LogP contribution in [0.3, 0.4) is 0 Å². The van der Waals surface area contributed by atoms with E-state index in [0.717, 1.165) is 0 Å². The van der Waals surface area contributed by atoms with Gasteiger partial charge in [0.2, 0.25) is 5.91 Å². The van der Waals surface area contributed by atoms with Crippen LogP contribution >= 0.6 is 0 Å². The first-order chi connectivity index (χ1) is 8.62. The average molecular weight is 270 g/mol. The number of nitrogens with zero attached hydrogens (tertiary/aromatic N) is 1. The summed E-state index contributed by atoms with van der Waals surface area (Å²) in [5.74, 6) is -2.36. The van der Waals surface area contributed by atoms with Crippen LogP contribution < -0.4 is 5.32 Å². The summed E-state index contributed by atoms with van der Waals surface area (Å²) in [6.07, 6.45) is 0.245. The van der Waals surface area contributed by atoms with Gasteiger partial charge < -0.3 is 10.2 Å². The van der Waals surface area contributed by atoms with Crippen molar-refractivity contribution in [3.63, 3.8) is 0 Å². The van der Waals surface area contributed by atoms with Gasteiger partial charge in [-0.15, -0.1) is 5.06 Å². The summed E-state index contributed by atoms with van der Waals surface area (Å²) in [6, 6.07) is -0.831. The Hall–Kier alpha value is -1.92. The molecule has 1 rings (SSSR count). The monoisotopic (exact) mass is 270 g/mol. The SMILES string of the molecule is CC(=O)NC1CCC(=O)N(OC(=O)C(C)(C)C)C1=O. The van der Waals surface area contributed by atoms with Crippen molar-refractivity contribution in [2.24, 2.45) is 5.41 Å². The third kappa shape index (κ3) is 3.77. The van der Waals surface area contributed by atoms with E-state index in [1.807, 2.05) is 0 Å². The molecule has 7 nitrogen and oxygen atoms in total. The van der Waals surface area contributed by atoms with E-state index in [4.69, 9.17) is 4.84 Å². The summed E-state index contributed by atoms with van der Waals surface area (Å²) in [4.78, 5) is 51.0. The molecule has 0 spiro atoms. The van der Waals surface area contributed by atoms with Gasteiger partial charge in [0, 0.05) is 13.3 Å². The smallest absolute Gasteiger partial charge is 0.338 e. The largest absolute Gasteiger partial charge is 0.344 e. The van der Waals surface area contributed by atoms with E-state index in [1.165, 1.54) is 6.92 Å². The Labute approximate surface area is 111 Å². The van der Waals surface area contributed by atoms with E-state index in [0.29, 0.717) is 5.06 Å². The molecule has 0 bridgehead atoms. The van der Waals surface area contributed by atoms with Gasteiger partial charge in [0.15, 0.2) is 0 Å². The Kier molecular flexibility index (Phi) is 4.28. The Morgan fingerprint density at radius 1 is 1.32 bits per heavy atom. The van der Waals surface area contributed by atoms with E-state index in [2.05, 4.69) is 5.32 Å². The lowest BCUT2D eigenvalue weighted by Crippen LogP contribution is -2.55. The highest BCUT2D eigenvalue weighted by Crippen LogP contribution is 2.20. The van der Waals surface area contributed by atoms with Gasteiger partial charge >= 0.3 is 5.97 Å². The number of imide groups is 1. The molecule has 0 aromatic heterocycles. The summed E-state index contributed by atoms with van der Waals surface area (Å²) in [6.45, 7) is 6.10. The second-order valence-electron chi connectivity index (χ2n) is 5.45. The molecule has 1 aliphatic heterocycles. The predicted octanol–water partition coefficient (Wildman–Crippen LogP) is 0.144. The number of hydrogen-bond donors (Lipinski definition) is 1. The van der Waals surface area contributed by atoms with Crippen molar-refractivity contribution < 1.29 is 24.0 Å². The maximum Gasteiger partial charge on any atom is 0.338 e. The molecule has 3 amide bonds. The van der Waals surface area contributed by atoms with Crippen molar-refractivity contribution in [3.05, 3.63) is 0 Å². The third-order valence-electron chi connectivity index (χ3n) is 2.54. The minimum atomic E-state index is -0.832. The Morgan fingerprint density at radius 2 is 1.89 bits per heavy atom. The minimum Gasteiger partial charge on any atom is -0.344 e. The molecular weight excluding hydrogens is 252 g/mol. The molecule has 0 aromatic rings. The summed E-state index contributed by atoms with van der Waals surface area (Å²) in [5.41, 5.74) is -0.832. The summed E-state index contributed by atoms with van der Waals surface area (Å²) >= 11 is 0. The molecular formula is C12H18N2O5. The summed E-state index contributed by atoms with van der Waals surface area (Å²) < 4.78 is 0. The van der Waals surface area contributed by atoms with Gasteiger partial charge in [0.1, 0.15) is 6.04 Å². The second kappa shape index (κ2) is 5.38. The lowest BCUT2D eigenvalue weighted by Gasteiger charge is -2.30. The van der Waals surface area contributed by atoms with E-state index in [-0.39, 0.29) is 18.7 Å². The third-order valence-corrected chi connectivity index (χ3v) is 2.54. The number of piperidine rings is 1. The highest BCUT2D eigenvalue weighted by atomic mass is 16.7. The van der Waals surface area contributed by atoms with Gasteiger partial charge in [-0.25, -0.2) is 4.79 Å². The van der Waals surface area contributed by atoms with Crippen molar-refractivity contribution in [1.82, 2.24) is 10.4 Å². The molecule has 0 aromatic carbocycles. The number of nitrogens with one attached hydrogen (secondary N) is 1. The first-order valence-corrected chi connectivity index (χ1v) is 5.99. The first-order valence-electron chi connectivity index (χ1n) is 5.99. The summed E-state index contributed by atoms with van der Waals surface area (Å²) in [7, 11) is 0. The van der Waals surface area contributed by atoms with Crippen LogP contribution in [0.25, 0.3) is 0 Å². The molecule has 1 atom stereocenters. The molecule has 1 unspecified atom stereocenters. The molecule has 1 fully saturated rings. The van der Waals surface area contributed by atoms with E-state index in [9.17, 15) is 19.2 Å². The number of hydroxylamine groups is 2. The molecule has 19 heavy (non-hydrogen) atoms. The topological polar surface area (TPSA) is 92.8 Å². The molecule has 1 heterocycles. The van der Waals surface area contributed by atoms with Crippen molar-refractivity contribution in [1.29, 1.82) is 0 Å². The van der Waals surface area contributed by atoms with Crippen molar-refractivity contribution in [2.45, 2.75) is 46.6 Å². The lowest BCUT2D eigenvalue weighted by atomic mass is 9.97. The van der Waals surface area contributed by atoms with Gasteiger partial charge in [0.05, 0.1) is 5.41 Å². The second-order valence-corrected chi connectivity index (χ2v) is 5.45. The first kappa shape index (κ1) is 15.1. The number of rotatable bonds is 2. The van der Waals surface area contributed by atoms with Crippen molar-refractivity contribution in [3.8, 4) is 0 Å². The molecule has 1 aliphatic rings. The highest BCUT2D eigenvalue weighted by molar-refractivity contribution is 6.01. The van der Waals surface area contributed by atoms with Crippen LogP contribution in [0.2, 0.25) is 0 Å². The van der Waals surface area contributed by atoms with E-state index in [1.54, 1.807) is 20.8 Å². The van der Waals surface area contributed by atoms with Crippen LogP contribution in [0.15, 0.2) is 0 Å². The lowest BCUT2D eigenvalue weighted by molar-refractivity contribution is -0.212. The van der Waals surface area contributed by atoms with Gasteiger partial charge in [-0.1, -0.05) is 0 Å². The number of amides is 3. The predicted molar refractivity (Wildman–Crippen MR) is 64.2 cm³/mol. The molecule has 1 N–H and O–H groups in total. The van der Waals surface area contributed by atoms with Crippen LogP contribution in [0.4, 0.5) is 0 Å². The van der Waals surface area contributed by atoms with Crippen LogP contribution in [0, 0.1) is 5.41 Å². The van der Waals surface area contributed by atoms with Crippen molar-refractivity contribution >= 4 is 23.7 Å². The zero-order valence-corrected chi connectivity index (χ0v) is 11.5. The van der Waals surface area contributed by atoms with Gasteiger partial charge in [-0.2, -0.15) is 0 Å². The molecule has 0 saturated carbocycles. The fraction of sp³-hybridized carbons (Fsp3) is 0.667. The number of hydrogen-bond acceptors (Lipinski definition) is 5. The van der Waals surface area contributed by atoms with Crippen LogP contribution in [-0.4, -0.2) is 34.8 Å². The highest BCUT2D eigenvalue weighted by Gasteiger charge is 2.39. The fourth-order valence-electron chi connectivity index (χ4n) is 1.45. The van der Waals surface area contributed by atoms with Crippen molar-refractivity contribution in [2.75, 3.05) is 0 Å². The Morgan fingerprint density at radius 3 is 2.37 bits per heavy atom. The maximum atomic E-state index is 11.9. The molecule has 0 aliphatic carbocycles. The quantitative estimate of drug-likeness (QED) is 0.721. The van der Waals surface area contributed by atoms with Gasteiger partial charge in [-0.05, 0) is 27.2 Å². The number of carbonyl (C=O) groups is 4. The van der Waals surface area contributed by atoms with E-state index < -0.39 is 29.2 Å². The normalized spacial score (nSPS) is 20.2. The Balaban J connectivity index is 2.80. The minimum absolute atomic E-state index is 0.0358. The zero-order chi connectivity index (χ0) is 14.8. The van der Waals surface area contributed by atoms with Gasteiger partial charge in [0.25, 0.3) is 11.8 Å². The zero-order valence-electron chi connectivity index (χ0n) is 11.5. The number of carbonyl (C=O) groups excluding carboxylic acids is 4. The fourth-order valence-corrected chi connectivity index (χ4v) is 1.45. The average Bonchev–Trinajstić information content (AvgIpc) is 2.26. The maximum absolute atomic E-state index is 11.9. The van der Waals surface area contributed by atoms with Crippen LogP contribution in [0.1, 0.15) is 40.5 Å². The van der Waals surface area contributed by atoms with Crippen LogP contribution in [-0.2, 0) is 24.0 Å². The summed E-state index contributed by atoms with van der Waals surface area (Å²) in [5, 5.41) is 2.88. The van der Waals surface area contributed by atoms with E-state index >= 15 is 0 Å². The molecule has 106 valence electrons. The Bertz CT molecular complexity index is 424. The van der Waals surface area contributed by atoms with Gasteiger partial charge in [-0.3, -0.25) is 14.4 Å². The van der Waals surface area contributed by atoms with Crippen LogP contribution in [0.5, 0.6) is 0 Å². The standard InChI is InChI=1S/C12H18N2O5/c1-7(15)13-8-5-6-9(16)14(10(8)17)19-11(18)12(2,3)4/h8H,5-6H2,1-4H3,(H,13,15). The molecule has 0 radical (unpaired) electrons. The molecule has 7 heteroatoms.